The Morgan fingerprint density at radius 2 is 1.90 bits per heavy atom. The minimum Gasteiger partial charge on any atom is -0.495 e. The van der Waals surface area contributed by atoms with Gasteiger partial charge in [0, 0.05) is 23.7 Å². The molecule has 2 aromatic rings. The van der Waals surface area contributed by atoms with Crippen LogP contribution in [0.15, 0.2) is 24.3 Å². The Kier molecular flexibility index (Phi) is 4.82. The molecule has 21 heavy (non-hydrogen) atoms. The SMILES string of the molecule is COc1cc(Nc2cc(NN)nc(C(C)C)n2)ccc1Cl. The number of aromatic nitrogens is 2. The number of nitrogens with two attached hydrogens (primary N) is 1. The maximum Gasteiger partial charge on any atom is 0.145 e. The third-order valence-corrected chi connectivity index (χ3v) is 3.14. The Labute approximate surface area is 128 Å². The number of hydrazine groups is 1. The first-order valence-corrected chi connectivity index (χ1v) is 6.87. The van der Waals surface area contributed by atoms with Crippen LogP contribution in [0.1, 0.15) is 25.6 Å². The lowest BCUT2D eigenvalue weighted by atomic mass is 10.2. The smallest absolute Gasteiger partial charge is 0.145 e. The molecule has 6 nitrogen and oxygen atoms in total. The van der Waals surface area contributed by atoms with E-state index in [1.165, 1.54) is 0 Å². The number of anilines is 3. The summed E-state index contributed by atoms with van der Waals surface area (Å²) in [6.45, 7) is 4.04. The predicted octanol–water partition coefficient (Wildman–Crippen LogP) is 3.29. The van der Waals surface area contributed by atoms with E-state index in [0.717, 1.165) is 5.69 Å². The lowest BCUT2D eigenvalue weighted by Gasteiger charge is -2.12. The van der Waals surface area contributed by atoms with Crippen molar-refractivity contribution in [1.82, 2.24) is 9.97 Å². The van der Waals surface area contributed by atoms with Crippen molar-refractivity contribution in [2.24, 2.45) is 5.84 Å². The number of hydrogen-bond donors (Lipinski definition) is 3. The zero-order valence-electron chi connectivity index (χ0n) is 12.1. The first-order valence-electron chi connectivity index (χ1n) is 6.49. The van der Waals surface area contributed by atoms with E-state index in [9.17, 15) is 0 Å². The van der Waals surface area contributed by atoms with Crippen LogP contribution in [0.3, 0.4) is 0 Å². The van der Waals surface area contributed by atoms with E-state index in [1.54, 1.807) is 25.3 Å². The molecule has 0 bridgehead atoms. The third kappa shape index (κ3) is 3.74. The molecule has 0 aliphatic carbocycles. The second-order valence-electron chi connectivity index (χ2n) is 4.77. The highest BCUT2D eigenvalue weighted by Crippen LogP contribution is 2.29. The van der Waals surface area contributed by atoms with Crippen molar-refractivity contribution in [2.45, 2.75) is 19.8 Å². The van der Waals surface area contributed by atoms with Crippen LogP contribution >= 0.6 is 11.6 Å². The molecule has 4 N–H and O–H groups in total. The number of nitrogens with zero attached hydrogens (tertiary/aromatic N) is 2. The number of benzene rings is 1. The van der Waals surface area contributed by atoms with Crippen LogP contribution < -0.4 is 21.3 Å². The summed E-state index contributed by atoms with van der Waals surface area (Å²) in [4.78, 5) is 8.77. The van der Waals surface area contributed by atoms with Gasteiger partial charge >= 0.3 is 0 Å². The van der Waals surface area contributed by atoms with Gasteiger partial charge in [-0.25, -0.2) is 15.8 Å². The first-order chi connectivity index (χ1) is 10.0. The van der Waals surface area contributed by atoms with Crippen molar-refractivity contribution >= 4 is 28.9 Å². The maximum absolute atomic E-state index is 6.01. The number of rotatable bonds is 5. The van der Waals surface area contributed by atoms with Gasteiger partial charge in [0.15, 0.2) is 0 Å². The number of ether oxygens (including phenoxy) is 1. The molecule has 0 fully saturated rings. The second kappa shape index (κ2) is 6.60. The fourth-order valence-electron chi connectivity index (χ4n) is 1.75. The molecular formula is C14H18ClN5O. The molecule has 0 saturated heterocycles. The van der Waals surface area contributed by atoms with Crippen molar-refractivity contribution < 1.29 is 4.74 Å². The summed E-state index contributed by atoms with van der Waals surface area (Å²) < 4.78 is 5.19. The van der Waals surface area contributed by atoms with E-state index in [-0.39, 0.29) is 5.92 Å². The highest BCUT2D eigenvalue weighted by Gasteiger charge is 2.09. The molecule has 0 radical (unpaired) electrons. The number of nitrogens with one attached hydrogen (secondary N) is 2. The van der Waals surface area contributed by atoms with Gasteiger partial charge in [-0.3, -0.25) is 0 Å². The standard InChI is InChI=1S/C14H18ClN5O/c1-8(2)14-18-12(7-13(19-14)20-16)17-9-4-5-10(15)11(6-9)21-3/h4-8H,16H2,1-3H3,(H2,17,18,19,20). The molecule has 0 aliphatic rings. The van der Waals surface area contributed by atoms with Gasteiger partial charge in [-0.2, -0.15) is 0 Å². The van der Waals surface area contributed by atoms with Crippen LogP contribution in [0.25, 0.3) is 0 Å². The van der Waals surface area contributed by atoms with Crippen molar-refractivity contribution in [3.05, 3.63) is 35.1 Å². The molecule has 1 heterocycles. The topological polar surface area (TPSA) is 85.1 Å². The minimum absolute atomic E-state index is 0.193. The Morgan fingerprint density at radius 3 is 2.52 bits per heavy atom. The third-order valence-electron chi connectivity index (χ3n) is 2.83. The fourth-order valence-corrected chi connectivity index (χ4v) is 1.94. The van der Waals surface area contributed by atoms with Gasteiger partial charge in [-0.15, -0.1) is 0 Å². The molecule has 0 aliphatic heterocycles. The van der Waals surface area contributed by atoms with Gasteiger partial charge in [0.25, 0.3) is 0 Å². The van der Waals surface area contributed by atoms with Crippen LogP contribution in [0.5, 0.6) is 5.75 Å². The van der Waals surface area contributed by atoms with E-state index < -0.39 is 0 Å². The molecule has 2 rings (SSSR count). The van der Waals surface area contributed by atoms with E-state index in [4.69, 9.17) is 22.2 Å². The molecule has 0 unspecified atom stereocenters. The van der Waals surface area contributed by atoms with Crippen molar-refractivity contribution in [1.29, 1.82) is 0 Å². The average Bonchev–Trinajstić information content (AvgIpc) is 2.48. The van der Waals surface area contributed by atoms with Gasteiger partial charge in [0.2, 0.25) is 0 Å². The minimum atomic E-state index is 0.193. The zero-order chi connectivity index (χ0) is 15.4. The highest BCUT2D eigenvalue weighted by atomic mass is 35.5. The first kappa shape index (κ1) is 15.3. The summed E-state index contributed by atoms with van der Waals surface area (Å²) >= 11 is 6.01. The summed E-state index contributed by atoms with van der Waals surface area (Å²) in [5.74, 6) is 8.13. The lowest BCUT2D eigenvalue weighted by molar-refractivity contribution is 0.415. The summed E-state index contributed by atoms with van der Waals surface area (Å²) in [7, 11) is 1.57. The van der Waals surface area contributed by atoms with Crippen LogP contribution in [-0.4, -0.2) is 17.1 Å². The normalized spacial score (nSPS) is 10.6. The van der Waals surface area contributed by atoms with Crippen LogP contribution in [-0.2, 0) is 0 Å². The number of halogens is 1. The van der Waals surface area contributed by atoms with Gasteiger partial charge < -0.3 is 15.5 Å². The summed E-state index contributed by atoms with van der Waals surface area (Å²) in [6.07, 6.45) is 0. The summed E-state index contributed by atoms with van der Waals surface area (Å²) in [6, 6.07) is 7.13. The molecule has 0 spiro atoms. The van der Waals surface area contributed by atoms with E-state index in [2.05, 4.69) is 20.7 Å². The maximum atomic E-state index is 6.01. The average molecular weight is 308 g/mol. The number of hydrogen-bond acceptors (Lipinski definition) is 6. The quantitative estimate of drug-likeness (QED) is 0.580. The van der Waals surface area contributed by atoms with E-state index in [1.807, 2.05) is 19.9 Å². The molecule has 0 atom stereocenters. The number of methoxy groups -OCH3 is 1. The molecular weight excluding hydrogens is 290 g/mol. The molecule has 0 saturated carbocycles. The number of nitrogen functional groups attached to an aromatic ring is 1. The predicted molar refractivity (Wildman–Crippen MR) is 85.2 cm³/mol. The van der Waals surface area contributed by atoms with Gasteiger partial charge in [-0.1, -0.05) is 25.4 Å². The van der Waals surface area contributed by atoms with Gasteiger partial charge in [0.1, 0.15) is 23.2 Å². The molecule has 1 aromatic heterocycles. The Bertz CT molecular complexity index is 633. The fraction of sp³-hybridized carbons (Fsp3) is 0.286. The molecule has 0 amide bonds. The zero-order valence-corrected chi connectivity index (χ0v) is 12.9. The Balaban J connectivity index is 2.32. The van der Waals surface area contributed by atoms with E-state index in [0.29, 0.717) is 28.2 Å². The Hall–Kier alpha value is -2.05. The molecule has 112 valence electrons. The summed E-state index contributed by atoms with van der Waals surface area (Å²) in [5, 5.41) is 3.74. The van der Waals surface area contributed by atoms with Crippen molar-refractivity contribution in [2.75, 3.05) is 17.9 Å². The largest absolute Gasteiger partial charge is 0.495 e. The van der Waals surface area contributed by atoms with Crippen LogP contribution in [0, 0.1) is 0 Å². The second-order valence-corrected chi connectivity index (χ2v) is 5.18. The van der Waals surface area contributed by atoms with Gasteiger partial charge in [-0.05, 0) is 12.1 Å². The van der Waals surface area contributed by atoms with Crippen LogP contribution in [0.4, 0.5) is 17.3 Å². The van der Waals surface area contributed by atoms with Crippen molar-refractivity contribution in [3.63, 3.8) is 0 Å². The monoisotopic (exact) mass is 307 g/mol. The Morgan fingerprint density at radius 1 is 1.19 bits per heavy atom. The summed E-state index contributed by atoms with van der Waals surface area (Å²) in [5.41, 5.74) is 3.36. The van der Waals surface area contributed by atoms with Crippen molar-refractivity contribution in [3.8, 4) is 5.75 Å². The molecule has 7 heteroatoms. The van der Waals surface area contributed by atoms with E-state index >= 15 is 0 Å². The van der Waals surface area contributed by atoms with Crippen LogP contribution in [0.2, 0.25) is 5.02 Å². The van der Waals surface area contributed by atoms with Gasteiger partial charge in [0.05, 0.1) is 12.1 Å². The highest BCUT2D eigenvalue weighted by molar-refractivity contribution is 6.32. The molecule has 1 aromatic carbocycles. The lowest BCUT2D eigenvalue weighted by Crippen LogP contribution is -2.12.